The number of rotatable bonds is 3. The number of amides is 1. The average Bonchev–Trinajstić information content (AvgIpc) is 3.33. The second kappa shape index (κ2) is 8.01. The number of hydrogen-bond donors (Lipinski definition) is 1. The van der Waals surface area contributed by atoms with Gasteiger partial charge in [-0.1, -0.05) is 48.0 Å². The fourth-order valence-corrected chi connectivity index (χ4v) is 5.10. The zero-order valence-electron chi connectivity index (χ0n) is 18.9. The normalized spacial score (nSPS) is 16.8. The Labute approximate surface area is 196 Å². The molecule has 3 aromatic rings. The zero-order chi connectivity index (χ0) is 23.3. The molecule has 0 fully saturated rings. The van der Waals surface area contributed by atoms with E-state index >= 15 is 0 Å². The highest BCUT2D eigenvalue weighted by Gasteiger charge is 2.36. The summed E-state index contributed by atoms with van der Waals surface area (Å²) in [6.07, 6.45) is 1.76. The number of carbonyl (C=O) groups excluding carboxylic acids is 1. The van der Waals surface area contributed by atoms with Gasteiger partial charge in [-0.25, -0.2) is 0 Å². The molecule has 1 amide bonds. The maximum Gasteiger partial charge on any atom is 0.283 e. The predicted molar refractivity (Wildman–Crippen MR) is 135 cm³/mol. The van der Waals surface area contributed by atoms with Crippen LogP contribution in [-0.4, -0.2) is 31.5 Å². The Hall–Kier alpha value is -3.71. The van der Waals surface area contributed by atoms with Crippen LogP contribution in [0.4, 0.5) is 0 Å². The van der Waals surface area contributed by atoms with Crippen molar-refractivity contribution in [3.05, 3.63) is 93.8 Å². The summed E-state index contributed by atoms with van der Waals surface area (Å²) in [6.45, 7) is 8.26. The van der Waals surface area contributed by atoms with Crippen molar-refractivity contribution < 1.29 is 4.79 Å². The molecule has 0 spiro atoms. The van der Waals surface area contributed by atoms with Gasteiger partial charge in [-0.05, 0) is 68.8 Å². The Balaban J connectivity index is 1.53. The van der Waals surface area contributed by atoms with Crippen molar-refractivity contribution in [2.45, 2.75) is 27.7 Å². The van der Waals surface area contributed by atoms with Crippen LogP contribution in [0.1, 0.15) is 33.6 Å². The van der Waals surface area contributed by atoms with E-state index in [0.717, 1.165) is 33.2 Å². The van der Waals surface area contributed by atoms with E-state index < -0.39 is 5.91 Å². The van der Waals surface area contributed by atoms with E-state index in [0.29, 0.717) is 5.17 Å². The van der Waals surface area contributed by atoms with Crippen molar-refractivity contribution >= 4 is 39.8 Å². The van der Waals surface area contributed by atoms with Crippen LogP contribution in [0.2, 0.25) is 0 Å². The summed E-state index contributed by atoms with van der Waals surface area (Å²) < 4.78 is 2.18. The van der Waals surface area contributed by atoms with E-state index in [-0.39, 0.29) is 11.4 Å². The molecule has 1 N–H and O–H groups in total. The molecular weight excluding hydrogens is 430 g/mol. The lowest BCUT2D eigenvalue weighted by Crippen LogP contribution is -2.35. The first kappa shape index (κ1) is 21.2. The number of aryl methyl sites for hydroxylation is 3. The van der Waals surface area contributed by atoms with E-state index in [2.05, 4.69) is 46.7 Å². The second-order valence-electron chi connectivity index (χ2n) is 8.24. The zero-order valence-corrected chi connectivity index (χ0v) is 19.7. The number of nitrogens with zero attached hydrogens (tertiary/aromatic N) is 4. The van der Waals surface area contributed by atoms with Crippen molar-refractivity contribution in [2.75, 3.05) is 0 Å². The highest BCUT2D eigenvalue weighted by molar-refractivity contribution is 8.27. The second-order valence-corrected chi connectivity index (χ2v) is 9.20. The molecule has 2 aliphatic heterocycles. The van der Waals surface area contributed by atoms with Crippen LogP contribution in [-0.2, 0) is 4.79 Å². The van der Waals surface area contributed by atoms with Crippen LogP contribution in [0.3, 0.4) is 0 Å². The molecule has 164 valence electrons. The summed E-state index contributed by atoms with van der Waals surface area (Å²) in [5.74, 6) is -0.376. The number of hydrazone groups is 1. The van der Waals surface area contributed by atoms with Crippen LogP contribution in [0, 0.1) is 33.1 Å². The van der Waals surface area contributed by atoms with Gasteiger partial charge >= 0.3 is 0 Å². The molecule has 0 atom stereocenters. The molecule has 0 radical (unpaired) electrons. The monoisotopic (exact) mass is 453 g/mol. The van der Waals surface area contributed by atoms with Gasteiger partial charge in [-0.3, -0.25) is 10.2 Å². The molecule has 2 aromatic carbocycles. The van der Waals surface area contributed by atoms with Gasteiger partial charge in [0, 0.05) is 22.6 Å². The third kappa shape index (κ3) is 3.64. The Morgan fingerprint density at radius 3 is 2.48 bits per heavy atom. The minimum atomic E-state index is -0.417. The number of aliphatic imine (C=N–C) groups is 1. The van der Waals surface area contributed by atoms with E-state index in [4.69, 9.17) is 5.41 Å². The molecular formula is C26H23N5OS. The summed E-state index contributed by atoms with van der Waals surface area (Å²) in [5.41, 5.74) is 7.63. The molecule has 0 saturated heterocycles. The van der Waals surface area contributed by atoms with E-state index in [1.165, 1.54) is 27.9 Å². The third-order valence-corrected chi connectivity index (χ3v) is 6.80. The lowest BCUT2D eigenvalue weighted by atomic mass is 10.1. The lowest BCUT2D eigenvalue weighted by molar-refractivity contribution is -0.114. The first-order valence-electron chi connectivity index (χ1n) is 10.7. The van der Waals surface area contributed by atoms with E-state index in [1.54, 1.807) is 6.08 Å². The number of hydrogen-bond acceptors (Lipinski definition) is 4. The highest BCUT2D eigenvalue weighted by atomic mass is 32.2. The summed E-state index contributed by atoms with van der Waals surface area (Å²) in [6, 6.07) is 18.1. The summed E-state index contributed by atoms with van der Waals surface area (Å²) in [4.78, 5) is 17.1. The Morgan fingerprint density at radius 1 is 1.00 bits per heavy atom. The quantitative estimate of drug-likeness (QED) is 0.541. The summed E-state index contributed by atoms with van der Waals surface area (Å²) >= 11 is 1.31. The SMILES string of the molecule is Cc1ccc(-n2c(C)cc(/C=C3/C(=N)N4N=C(c5ccccc5)SC4=NC3=O)c2C)c(C)c1. The van der Waals surface area contributed by atoms with Crippen LogP contribution < -0.4 is 0 Å². The summed E-state index contributed by atoms with van der Waals surface area (Å²) in [7, 11) is 0. The molecule has 0 bridgehead atoms. The van der Waals surface area contributed by atoms with Crippen molar-refractivity contribution in [3.8, 4) is 5.69 Å². The molecule has 0 saturated carbocycles. The first-order valence-corrected chi connectivity index (χ1v) is 11.5. The van der Waals surface area contributed by atoms with Crippen molar-refractivity contribution in [1.82, 2.24) is 9.58 Å². The third-order valence-electron chi connectivity index (χ3n) is 5.84. The molecule has 5 rings (SSSR count). The minimum absolute atomic E-state index is 0.0414. The fourth-order valence-electron chi connectivity index (χ4n) is 4.21. The number of carbonyl (C=O) groups is 1. The van der Waals surface area contributed by atoms with Gasteiger partial charge < -0.3 is 4.57 Å². The van der Waals surface area contributed by atoms with Crippen LogP contribution in [0.5, 0.6) is 0 Å². The number of benzene rings is 2. The average molecular weight is 454 g/mol. The fraction of sp³-hybridized carbons (Fsp3) is 0.154. The molecule has 6 nitrogen and oxygen atoms in total. The molecule has 33 heavy (non-hydrogen) atoms. The Morgan fingerprint density at radius 2 is 1.76 bits per heavy atom. The smallest absolute Gasteiger partial charge is 0.283 e. The van der Waals surface area contributed by atoms with Crippen molar-refractivity contribution in [3.63, 3.8) is 0 Å². The number of aromatic nitrogens is 1. The van der Waals surface area contributed by atoms with E-state index in [9.17, 15) is 4.79 Å². The number of thioether (sulfide) groups is 1. The largest absolute Gasteiger partial charge is 0.318 e. The molecule has 0 aliphatic carbocycles. The standard InChI is InChI=1S/C26H23N5OS/c1-15-10-11-22(16(2)12-15)30-17(3)13-20(18(30)4)14-21-23(27)31-26(28-24(21)32)33-25(29-31)19-8-6-5-7-9-19/h5-14,27H,1-4H3/b21-14-,27-23?. The first-order chi connectivity index (χ1) is 15.8. The maximum absolute atomic E-state index is 12.9. The lowest BCUT2D eigenvalue weighted by Gasteiger charge is -2.20. The topological polar surface area (TPSA) is 73.8 Å². The van der Waals surface area contributed by atoms with Gasteiger partial charge in [-0.2, -0.15) is 15.1 Å². The minimum Gasteiger partial charge on any atom is -0.318 e. The van der Waals surface area contributed by atoms with E-state index in [1.807, 2.05) is 50.2 Å². The van der Waals surface area contributed by atoms with Crippen LogP contribution >= 0.6 is 11.8 Å². The molecule has 3 heterocycles. The molecule has 0 unspecified atom stereocenters. The van der Waals surface area contributed by atoms with Crippen LogP contribution in [0.25, 0.3) is 11.8 Å². The van der Waals surface area contributed by atoms with Gasteiger partial charge in [0.25, 0.3) is 5.91 Å². The van der Waals surface area contributed by atoms with Gasteiger partial charge in [-0.15, -0.1) is 0 Å². The van der Waals surface area contributed by atoms with Gasteiger partial charge in [0.15, 0.2) is 5.84 Å². The van der Waals surface area contributed by atoms with Gasteiger partial charge in [0.05, 0.1) is 5.57 Å². The number of amidine groups is 2. The van der Waals surface area contributed by atoms with Crippen LogP contribution in [0.15, 0.2) is 70.3 Å². The molecule has 2 aliphatic rings. The molecule has 7 heteroatoms. The Bertz CT molecular complexity index is 1410. The van der Waals surface area contributed by atoms with Crippen molar-refractivity contribution in [1.29, 1.82) is 5.41 Å². The van der Waals surface area contributed by atoms with Crippen molar-refractivity contribution in [2.24, 2.45) is 10.1 Å². The predicted octanol–water partition coefficient (Wildman–Crippen LogP) is 5.38. The summed E-state index contributed by atoms with van der Waals surface area (Å²) in [5, 5.41) is 15.8. The van der Waals surface area contributed by atoms with Gasteiger partial charge in [0.1, 0.15) is 5.04 Å². The maximum atomic E-state index is 12.9. The number of fused-ring (bicyclic) bond motifs is 1. The Kier molecular flexibility index (Phi) is 5.13. The van der Waals surface area contributed by atoms with Gasteiger partial charge in [0.2, 0.25) is 5.17 Å². The number of nitrogens with one attached hydrogen (secondary N) is 1. The highest BCUT2D eigenvalue weighted by Crippen LogP contribution is 2.32. The molecule has 1 aromatic heterocycles.